The summed E-state index contributed by atoms with van der Waals surface area (Å²) in [4.78, 5) is 44.4. The highest BCUT2D eigenvalue weighted by atomic mass is 16.5. The van der Waals surface area contributed by atoms with Crippen LogP contribution < -0.4 is 5.32 Å². The zero-order valence-electron chi connectivity index (χ0n) is 18.4. The summed E-state index contributed by atoms with van der Waals surface area (Å²) in [6.07, 6.45) is 7.21. The van der Waals surface area contributed by atoms with Gasteiger partial charge in [-0.1, -0.05) is 12.8 Å². The molecule has 11 heteroatoms. The van der Waals surface area contributed by atoms with Gasteiger partial charge in [0.2, 0.25) is 5.91 Å². The van der Waals surface area contributed by atoms with Crippen molar-refractivity contribution in [2.75, 3.05) is 45.8 Å². The molecule has 0 aliphatic carbocycles. The lowest BCUT2D eigenvalue weighted by atomic mass is 9.73. The van der Waals surface area contributed by atoms with E-state index in [0.717, 1.165) is 39.0 Å². The maximum absolute atomic E-state index is 12.4. The average molecular weight is 458 g/mol. The molecular formula is C21H35N3O8. The number of nitrogens with one attached hydrogen (secondary N) is 1. The van der Waals surface area contributed by atoms with Crippen molar-refractivity contribution in [3.05, 3.63) is 0 Å². The molecule has 2 bridgehead atoms. The van der Waals surface area contributed by atoms with Gasteiger partial charge in [-0.2, -0.15) is 0 Å². The van der Waals surface area contributed by atoms with Gasteiger partial charge in [0, 0.05) is 31.5 Å². The van der Waals surface area contributed by atoms with Crippen LogP contribution in [0.1, 0.15) is 38.5 Å². The zero-order valence-corrected chi connectivity index (χ0v) is 18.4. The first-order chi connectivity index (χ1) is 15.4. The van der Waals surface area contributed by atoms with Crippen LogP contribution in [0.25, 0.3) is 0 Å². The van der Waals surface area contributed by atoms with Crippen molar-refractivity contribution in [3.63, 3.8) is 0 Å². The molecule has 182 valence electrons. The lowest BCUT2D eigenvalue weighted by Crippen LogP contribution is -2.44. The highest BCUT2D eigenvalue weighted by Gasteiger charge is 2.62. The minimum absolute atomic E-state index is 0.0836. The fourth-order valence-electron chi connectivity index (χ4n) is 5.66. The fraction of sp³-hybridized carbons (Fsp3) is 0.810. The van der Waals surface area contributed by atoms with Crippen LogP contribution in [0.2, 0.25) is 0 Å². The predicted octanol–water partition coefficient (Wildman–Crippen LogP) is -0.0558. The molecule has 11 nitrogen and oxygen atoms in total. The Hall–Kier alpha value is -2.24. The summed E-state index contributed by atoms with van der Waals surface area (Å²) in [6.45, 7) is 4.29. The zero-order chi connectivity index (χ0) is 23.6. The third-order valence-electron chi connectivity index (χ3n) is 6.81. The standard InChI is InChI=1S/C19H31N3O4.2CH2O2/c23-17(11-21-7-3-1-2-4-8-21)20-9-14-15-10-22(12-18(24)25)13-19(15)6-5-16(14)26-19;2*2-1-3/h14-16H,1-13H2,(H,20,23)(H,24,25);2*1H,(H,2,3)/t14-,15+,16+,19+;;/m0../s1. The minimum Gasteiger partial charge on any atom is -0.483 e. The highest BCUT2D eigenvalue weighted by molar-refractivity contribution is 5.78. The van der Waals surface area contributed by atoms with Crippen LogP contribution >= 0.6 is 0 Å². The molecule has 0 saturated carbocycles. The van der Waals surface area contributed by atoms with Crippen molar-refractivity contribution in [2.45, 2.75) is 50.2 Å². The van der Waals surface area contributed by atoms with Crippen molar-refractivity contribution in [1.29, 1.82) is 0 Å². The number of amides is 1. The van der Waals surface area contributed by atoms with Crippen LogP contribution in [0.4, 0.5) is 0 Å². The average Bonchev–Trinajstić information content (AvgIpc) is 3.29. The quantitative estimate of drug-likeness (QED) is 0.399. The number of carbonyl (C=O) groups excluding carboxylic acids is 1. The van der Waals surface area contributed by atoms with E-state index in [-0.39, 0.29) is 37.1 Å². The molecule has 4 heterocycles. The van der Waals surface area contributed by atoms with Crippen LogP contribution in [0.5, 0.6) is 0 Å². The molecule has 4 saturated heterocycles. The van der Waals surface area contributed by atoms with Gasteiger partial charge < -0.3 is 25.4 Å². The van der Waals surface area contributed by atoms with E-state index in [1.165, 1.54) is 25.7 Å². The van der Waals surface area contributed by atoms with Crippen LogP contribution in [-0.2, 0) is 23.9 Å². The molecule has 1 amide bonds. The third kappa shape index (κ3) is 6.88. The second kappa shape index (κ2) is 12.7. The summed E-state index contributed by atoms with van der Waals surface area (Å²) < 4.78 is 6.31. The largest absolute Gasteiger partial charge is 0.483 e. The summed E-state index contributed by atoms with van der Waals surface area (Å²) in [6, 6.07) is 0. The van der Waals surface area contributed by atoms with Gasteiger partial charge in [-0.3, -0.25) is 29.0 Å². The fourth-order valence-corrected chi connectivity index (χ4v) is 5.66. The molecule has 4 aliphatic heterocycles. The number of ether oxygens (including phenoxy) is 1. The summed E-state index contributed by atoms with van der Waals surface area (Å²) in [5.41, 5.74) is -0.166. The molecule has 0 aromatic rings. The minimum atomic E-state index is -0.779. The van der Waals surface area contributed by atoms with Crippen LogP contribution in [0, 0.1) is 11.8 Å². The van der Waals surface area contributed by atoms with Gasteiger partial charge in [-0.15, -0.1) is 0 Å². The van der Waals surface area contributed by atoms with Crippen molar-refractivity contribution in [1.82, 2.24) is 15.1 Å². The van der Waals surface area contributed by atoms with Gasteiger partial charge >= 0.3 is 5.97 Å². The molecule has 4 aliphatic rings. The Morgan fingerprint density at radius 3 is 2.25 bits per heavy atom. The number of carboxylic acids is 1. The SMILES string of the molecule is O=C(O)CN1C[C@@H]2[C@H](CNC(=O)CN3CCCCCC3)[C@H]3CC[C@]2(C1)O3.O=CO.O=CO. The third-order valence-corrected chi connectivity index (χ3v) is 6.81. The first kappa shape index (κ1) is 26.0. The molecule has 1 spiro atoms. The molecular weight excluding hydrogens is 422 g/mol. The van der Waals surface area contributed by atoms with E-state index in [9.17, 15) is 9.59 Å². The van der Waals surface area contributed by atoms with E-state index in [4.69, 9.17) is 29.6 Å². The first-order valence-electron chi connectivity index (χ1n) is 11.2. The second-order valence-corrected chi connectivity index (χ2v) is 8.80. The van der Waals surface area contributed by atoms with E-state index in [1.807, 2.05) is 4.90 Å². The van der Waals surface area contributed by atoms with Crippen molar-refractivity contribution in [2.24, 2.45) is 11.8 Å². The Balaban J connectivity index is 0.000000547. The summed E-state index contributed by atoms with van der Waals surface area (Å²) >= 11 is 0. The van der Waals surface area contributed by atoms with E-state index < -0.39 is 5.97 Å². The Labute approximate surface area is 187 Å². The van der Waals surface area contributed by atoms with E-state index in [2.05, 4.69) is 10.2 Å². The van der Waals surface area contributed by atoms with Gasteiger partial charge in [0.15, 0.2) is 0 Å². The number of rotatable bonds is 6. The predicted molar refractivity (Wildman–Crippen MR) is 113 cm³/mol. The molecule has 32 heavy (non-hydrogen) atoms. The van der Waals surface area contributed by atoms with Crippen LogP contribution in [0.15, 0.2) is 0 Å². The summed E-state index contributed by atoms with van der Waals surface area (Å²) in [7, 11) is 0. The molecule has 4 N–H and O–H groups in total. The summed E-state index contributed by atoms with van der Waals surface area (Å²) in [5.74, 6) is -0.00273. The smallest absolute Gasteiger partial charge is 0.317 e. The van der Waals surface area contributed by atoms with Crippen LogP contribution in [0.3, 0.4) is 0 Å². The Morgan fingerprint density at radius 1 is 1.03 bits per heavy atom. The lowest BCUT2D eigenvalue weighted by molar-refractivity contribution is -0.138. The van der Waals surface area contributed by atoms with E-state index in [1.54, 1.807) is 0 Å². The number of carboxylic acid groups (broad SMARTS) is 3. The van der Waals surface area contributed by atoms with Crippen molar-refractivity contribution >= 4 is 24.8 Å². The van der Waals surface area contributed by atoms with Crippen LogP contribution in [-0.4, -0.2) is 107 Å². The Morgan fingerprint density at radius 2 is 1.66 bits per heavy atom. The maximum Gasteiger partial charge on any atom is 0.317 e. The number of likely N-dealkylation sites (tertiary alicyclic amines) is 2. The molecule has 0 radical (unpaired) electrons. The normalized spacial score (nSPS) is 31.2. The Bertz CT molecular complexity index is 635. The van der Waals surface area contributed by atoms with E-state index >= 15 is 0 Å². The molecule has 0 unspecified atom stereocenters. The summed E-state index contributed by atoms with van der Waals surface area (Å²) in [5, 5.41) is 26.0. The first-order valence-corrected chi connectivity index (χ1v) is 11.2. The number of hydrogen-bond donors (Lipinski definition) is 4. The van der Waals surface area contributed by atoms with E-state index in [0.29, 0.717) is 24.9 Å². The topological polar surface area (TPSA) is 157 Å². The molecule has 4 rings (SSSR count). The molecule has 4 fully saturated rings. The Kier molecular flexibility index (Phi) is 10.3. The van der Waals surface area contributed by atoms with Gasteiger partial charge in [-0.25, -0.2) is 0 Å². The van der Waals surface area contributed by atoms with Crippen molar-refractivity contribution in [3.8, 4) is 0 Å². The van der Waals surface area contributed by atoms with Gasteiger partial charge in [0.05, 0.1) is 24.8 Å². The monoisotopic (exact) mass is 457 g/mol. The van der Waals surface area contributed by atoms with Crippen molar-refractivity contribution < 1.29 is 39.2 Å². The number of fused-ring (bicyclic) bond motifs is 1. The molecule has 0 aromatic carbocycles. The number of carbonyl (C=O) groups is 4. The molecule has 0 aromatic heterocycles. The number of aliphatic carboxylic acids is 1. The van der Waals surface area contributed by atoms with Gasteiger partial charge in [-0.05, 0) is 38.8 Å². The maximum atomic E-state index is 12.4. The lowest BCUT2D eigenvalue weighted by Gasteiger charge is -2.30. The number of nitrogens with zero attached hydrogens (tertiary/aromatic N) is 2. The van der Waals surface area contributed by atoms with Gasteiger partial charge in [0.1, 0.15) is 0 Å². The second-order valence-electron chi connectivity index (χ2n) is 8.80. The number of hydrogen-bond acceptors (Lipinski definition) is 7. The highest BCUT2D eigenvalue weighted by Crippen LogP contribution is 2.54. The van der Waals surface area contributed by atoms with Gasteiger partial charge in [0.25, 0.3) is 12.9 Å². The molecule has 4 atom stereocenters.